The number of aromatic nitrogens is 2. The highest BCUT2D eigenvalue weighted by molar-refractivity contribution is 5.77. The Morgan fingerprint density at radius 3 is 3.29 bits per heavy atom. The zero-order chi connectivity index (χ0) is 12.1. The van der Waals surface area contributed by atoms with Crippen molar-refractivity contribution in [3.8, 4) is 0 Å². The minimum Gasteiger partial charge on any atom is -0.372 e. The van der Waals surface area contributed by atoms with Crippen LogP contribution in [0.3, 0.4) is 0 Å². The highest BCUT2D eigenvalue weighted by Gasteiger charge is 2.25. The Balaban J connectivity index is 1.90. The number of amides is 1. The number of hydrogen-bond acceptors (Lipinski definition) is 3. The van der Waals surface area contributed by atoms with Crippen LogP contribution in [0.1, 0.15) is 31.4 Å². The van der Waals surface area contributed by atoms with Gasteiger partial charge in [-0.05, 0) is 25.8 Å². The maximum atomic E-state index is 11.8. The number of rotatable bonds is 4. The van der Waals surface area contributed by atoms with Crippen LogP contribution in [0.2, 0.25) is 0 Å². The molecule has 0 aliphatic carbocycles. The molecule has 1 saturated heterocycles. The molecule has 0 saturated carbocycles. The molecule has 0 bridgehead atoms. The lowest BCUT2D eigenvalue weighted by atomic mass is 9.95. The standard InChI is InChI=1S/C12H19N3O2/c1-2-17-9-12(16)15-7-3-4-10(8-15)11-5-6-13-14-11/h5-6,10H,2-4,7-9H2,1H3,(H,13,14)/t10-/m0/s1. The van der Waals surface area contributed by atoms with Crippen LogP contribution in [0.4, 0.5) is 0 Å². The highest BCUT2D eigenvalue weighted by Crippen LogP contribution is 2.25. The third-order valence-corrected chi connectivity index (χ3v) is 3.17. The van der Waals surface area contributed by atoms with E-state index in [9.17, 15) is 4.79 Å². The quantitative estimate of drug-likeness (QED) is 0.854. The summed E-state index contributed by atoms with van der Waals surface area (Å²) in [6.45, 7) is 4.30. The summed E-state index contributed by atoms with van der Waals surface area (Å²) in [6.07, 6.45) is 3.92. The van der Waals surface area contributed by atoms with Crippen LogP contribution in [0.5, 0.6) is 0 Å². The van der Waals surface area contributed by atoms with Gasteiger partial charge in [0, 0.05) is 37.5 Å². The Bertz CT molecular complexity index is 351. The number of nitrogens with zero attached hydrogens (tertiary/aromatic N) is 2. The van der Waals surface area contributed by atoms with Crippen LogP contribution in [0, 0.1) is 0 Å². The Morgan fingerprint density at radius 1 is 1.71 bits per heavy atom. The number of H-pyrrole nitrogens is 1. The molecule has 1 aromatic rings. The average Bonchev–Trinajstić information content (AvgIpc) is 2.90. The minimum atomic E-state index is 0.0936. The predicted molar refractivity (Wildman–Crippen MR) is 63.6 cm³/mol. The second-order valence-corrected chi connectivity index (χ2v) is 4.33. The largest absolute Gasteiger partial charge is 0.372 e. The van der Waals surface area contributed by atoms with Crippen molar-refractivity contribution in [3.63, 3.8) is 0 Å². The van der Waals surface area contributed by atoms with Crippen molar-refractivity contribution < 1.29 is 9.53 Å². The van der Waals surface area contributed by atoms with Gasteiger partial charge in [-0.2, -0.15) is 5.10 Å². The minimum absolute atomic E-state index is 0.0936. The number of aromatic amines is 1. The first-order valence-corrected chi connectivity index (χ1v) is 6.16. The van der Waals surface area contributed by atoms with E-state index in [0.29, 0.717) is 12.5 Å². The zero-order valence-corrected chi connectivity index (χ0v) is 10.2. The molecule has 0 aromatic carbocycles. The van der Waals surface area contributed by atoms with E-state index >= 15 is 0 Å². The van der Waals surface area contributed by atoms with Gasteiger partial charge >= 0.3 is 0 Å². The number of hydrogen-bond donors (Lipinski definition) is 1. The normalized spacial score (nSPS) is 20.5. The lowest BCUT2D eigenvalue weighted by Crippen LogP contribution is -2.41. The Hall–Kier alpha value is -1.36. The van der Waals surface area contributed by atoms with Crippen molar-refractivity contribution >= 4 is 5.91 Å². The van der Waals surface area contributed by atoms with Crippen LogP contribution in [-0.2, 0) is 9.53 Å². The van der Waals surface area contributed by atoms with Gasteiger partial charge in [-0.3, -0.25) is 9.89 Å². The third kappa shape index (κ3) is 3.06. The molecule has 1 atom stereocenters. The first-order valence-electron chi connectivity index (χ1n) is 6.16. The molecule has 1 amide bonds. The highest BCUT2D eigenvalue weighted by atomic mass is 16.5. The summed E-state index contributed by atoms with van der Waals surface area (Å²) in [4.78, 5) is 13.7. The second kappa shape index (κ2) is 5.82. The molecule has 94 valence electrons. The fourth-order valence-electron chi connectivity index (χ4n) is 2.23. The van der Waals surface area contributed by atoms with Gasteiger partial charge in [0.15, 0.2) is 0 Å². The molecule has 1 aromatic heterocycles. The topological polar surface area (TPSA) is 58.2 Å². The fraction of sp³-hybridized carbons (Fsp3) is 0.667. The van der Waals surface area contributed by atoms with Crippen molar-refractivity contribution in [2.75, 3.05) is 26.3 Å². The van der Waals surface area contributed by atoms with Crippen LogP contribution in [-0.4, -0.2) is 47.3 Å². The van der Waals surface area contributed by atoms with Gasteiger partial charge in [0.25, 0.3) is 0 Å². The molecule has 2 heterocycles. The molecule has 5 heteroatoms. The third-order valence-electron chi connectivity index (χ3n) is 3.17. The van der Waals surface area contributed by atoms with Crippen molar-refractivity contribution in [3.05, 3.63) is 18.0 Å². The Morgan fingerprint density at radius 2 is 2.59 bits per heavy atom. The molecule has 5 nitrogen and oxygen atoms in total. The van der Waals surface area contributed by atoms with Crippen LogP contribution in [0.25, 0.3) is 0 Å². The van der Waals surface area contributed by atoms with E-state index in [2.05, 4.69) is 10.2 Å². The predicted octanol–water partition coefficient (Wildman–Crippen LogP) is 1.15. The molecule has 1 aliphatic heterocycles. The zero-order valence-electron chi connectivity index (χ0n) is 10.2. The molecule has 17 heavy (non-hydrogen) atoms. The SMILES string of the molecule is CCOCC(=O)N1CCC[C@H](c2ccn[nH]2)C1. The van der Waals surface area contributed by atoms with Gasteiger partial charge in [0.1, 0.15) is 6.61 Å². The molecule has 0 radical (unpaired) electrons. The summed E-state index contributed by atoms with van der Waals surface area (Å²) in [5.41, 5.74) is 1.12. The molecule has 1 N–H and O–H groups in total. The molecule has 0 unspecified atom stereocenters. The van der Waals surface area contributed by atoms with Crippen LogP contribution >= 0.6 is 0 Å². The number of carbonyl (C=O) groups is 1. The lowest BCUT2D eigenvalue weighted by molar-refractivity contribution is -0.137. The Labute approximate surface area is 101 Å². The van der Waals surface area contributed by atoms with E-state index in [1.165, 1.54) is 0 Å². The fourth-order valence-corrected chi connectivity index (χ4v) is 2.23. The van der Waals surface area contributed by atoms with E-state index in [4.69, 9.17) is 4.74 Å². The van der Waals surface area contributed by atoms with Crippen molar-refractivity contribution in [1.82, 2.24) is 15.1 Å². The summed E-state index contributed by atoms with van der Waals surface area (Å²) in [7, 11) is 0. The summed E-state index contributed by atoms with van der Waals surface area (Å²) in [5, 5.41) is 6.95. The van der Waals surface area contributed by atoms with Crippen LogP contribution in [0.15, 0.2) is 12.3 Å². The molecule has 1 fully saturated rings. The molecule has 2 rings (SSSR count). The van der Waals surface area contributed by atoms with E-state index in [1.807, 2.05) is 17.9 Å². The van der Waals surface area contributed by atoms with Gasteiger partial charge in [0.2, 0.25) is 5.91 Å². The van der Waals surface area contributed by atoms with E-state index in [-0.39, 0.29) is 12.5 Å². The van der Waals surface area contributed by atoms with E-state index < -0.39 is 0 Å². The van der Waals surface area contributed by atoms with Gasteiger partial charge in [-0.1, -0.05) is 0 Å². The number of carbonyl (C=O) groups excluding carboxylic acids is 1. The first kappa shape index (κ1) is 12.1. The monoisotopic (exact) mass is 237 g/mol. The average molecular weight is 237 g/mol. The van der Waals surface area contributed by atoms with Crippen molar-refractivity contribution in [1.29, 1.82) is 0 Å². The van der Waals surface area contributed by atoms with E-state index in [1.54, 1.807) is 6.20 Å². The summed E-state index contributed by atoms with van der Waals surface area (Å²) < 4.78 is 5.16. The maximum absolute atomic E-state index is 11.8. The van der Waals surface area contributed by atoms with Gasteiger partial charge in [-0.15, -0.1) is 0 Å². The lowest BCUT2D eigenvalue weighted by Gasteiger charge is -2.32. The van der Waals surface area contributed by atoms with Crippen molar-refractivity contribution in [2.24, 2.45) is 0 Å². The molecule has 0 spiro atoms. The molecular formula is C12H19N3O2. The summed E-state index contributed by atoms with van der Waals surface area (Å²) in [6, 6.07) is 1.99. The van der Waals surface area contributed by atoms with Gasteiger partial charge < -0.3 is 9.64 Å². The second-order valence-electron chi connectivity index (χ2n) is 4.33. The first-order chi connectivity index (χ1) is 8.31. The molecular weight excluding hydrogens is 218 g/mol. The van der Waals surface area contributed by atoms with Gasteiger partial charge in [0.05, 0.1) is 0 Å². The Kier molecular flexibility index (Phi) is 4.14. The van der Waals surface area contributed by atoms with E-state index in [0.717, 1.165) is 31.6 Å². The molecule has 1 aliphatic rings. The smallest absolute Gasteiger partial charge is 0.248 e. The van der Waals surface area contributed by atoms with Crippen molar-refractivity contribution in [2.45, 2.75) is 25.7 Å². The number of likely N-dealkylation sites (tertiary alicyclic amines) is 1. The maximum Gasteiger partial charge on any atom is 0.248 e. The number of nitrogens with one attached hydrogen (secondary N) is 1. The number of piperidine rings is 1. The number of ether oxygens (including phenoxy) is 1. The van der Waals surface area contributed by atoms with Gasteiger partial charge in [-0.25, -0.2) is 0 Å². The van der Waals surface area contributed by atoms with Crippen LogP contribution < -0.4 is 0 Å². The summed E-state index contributed by atoms with van der Waals surface area (Å²) >= 11 is 0. The summed E-state index contributed by atoms with van der Waals surface area (Å²) in [5.74, 6) is 0.480.